The molecule has 1 aromatic carbocycles. The molecule has 8 heteroatoms. The third kappa shape index (κ3) is 4.56. The molecular weight excluding hydrogens is 333 g/mol. The number of halogens is 2. The summed E-state index contributed by atoms with van der Waals surface area (Å²) in [6, 6.07) is 3.06. The highest BCUT2D eigenvalue weighted by molar-refractivity contribution is 7.99. The number of nitrogens with one attached hydrogen (secondary N) is 1. The molecule has 5 nitrogen and oxygen atoms in total. The van der Waals surface area contributed by atoms with Crippen LogP contribution in [0.4, 0.5) is 11.4 Å². The van der Waals surface area contributed by atoms with Crippen LogP contribution in [0.2, 0.25) is 10.0 Å². The van der Waals surface area contributed by atoms with Crippen molar-refractivity contribution in [2.75, 3.05) is 16.8 Å². The molecule has 0 fully saturated rings. The Kier molecular flexibility index (Phi) is 5.39. The average Bonchev–Trinajstić information content (AvgIpc) is 2.79. The molecule has 0 unspecified atom stereocenters. The van der Waals surface area contributed by atoms with Gasteiger partial charge in [-0.3, -0.25) is 4.79 Å². The molecule has 2 aromatic rings. The Labute approximate surface area is 136 Å². The number of anilines is 2. The molecule has 0 aliphatic rings. The van der Waals surface area contributed by atoms with Gasteiger partial charge in [0.05, 0.1) is 22.1 Å². The summed E-state index contributed by atoms with van der Waals surface area (Å²) in [7, 11) is 0. The lowest BCUT2D eigenvalue weighted by Crippen LogP contribution is -2.14. The average molecular weight is 346 g/mol. The number of thioether (sulfide) groups is 1. The topological polar surface area (TPSA) is 81.2 Å². The molecule has 0 radical (unpaired) electrons. The summed E-state index contributed by atoms with van der Waals surface area (Å²) in [5.41, 5.74) is 7.30. The molecule has 1 aromatic heterocycles. The first-order valence-corrected chi connectivity index (χ1v) is 7.79. The number of carbonyl (C=O) groups excluding carboxylic acids is 1. The van der Waals surface area contributed by atoms with Gasteiger partial charge in [-0.05, 0) is 19.1 Å². The van der Waals surface area contributed by atoms with Crippen molar-refractivity contribution >= 4 is 52.2 Å². The maximum absolute atomic E-state index is 11.9. The van der Waals surface area contributed by atoms with E-state index in [0.717, 1.165) is 5.69 Å². The van der Waals surface area contributed by atoms with E-state index in [0.29, 0.717) is 32.4 Å². The number of nitrogen functional groups attached to an aromatic ring is 1. The number of carbonyl (C=O) groups is 1. The number of amides is 1. The number of nitrogens with two attached hydrogens (primary N) is 1. The minimum Gasteiger partial charge on any atom is -0.440 e. The van der Waals surface area contributed by atoms with Gasteiger partial charge in [0.15, 0.2) is 0 Å². The van der Waals surface area contributed by atoms with E-state index in [4.69, 9.17) is 33.4 Å². The quantitative estimate of drug-likeness (QED) is 0.632. The van der Waals surface area contributed by atoms with Crippen molar-refractivity contribution in [3.05, 3.63) is 34.1 Å². The third-order valence-electron chi connectivity index (χ3n) is 2.50. The highest BCUT2D eigenvalue weighted by Crippen LogP contribution is 2.32. The molecule has 2 rings (SSSR count). The molecule has 21 heavy (non-hydrogen) atoms. The van der Waals surface area contributed by atoms with Crippen molar-refractivity contribution in [3.8, 4) is 0 Å². The standard InChI is InChI=1S/C13H13Cl2N3O2S/c1-7-6-20-13(17-7)21-3-2-11(19)18-12-9(15)4-8(14)5-10(12)16/h4-6H,2-3,16H2,1H3,(H,18,19). The van der Waals surface area contributed by atoms with Gasteiger partial charge in [0.2, 0.25) is 5.91 Å². The van der Waals surface area contributed by atoms with E-state index in [1.165, 1.54) is 23.9 Å². The van der Waals surface area contributed by atoms with Crippen molar-refractivity contribution in [1.29, 1.82) is 0 Å². The Balaban J connectivity index is 1.87. The number of aryl methyl sites for hydroxylation is 1. The van der Waals surface area contributed by atoms with Gasteiger partial charge in [-0.1, -0.05) is 35.0 Å². The van der Waals surface area contributed by atoms with Gasteiger partial charge >= 0.3 is 0 Å². The van der Waals surface area contributed by atoms with E-state index in [-0.39, 0.29) is 12.3 Å². The van der Waals surface area contributed by atoms with Crippen LogP contribution >= 0.6 is 35.0 Å². The number of hydrogen-bond donors (Lipinski definition) is 2. The molecule has 0 saturated heterocycles. The second-order valence-corrected chi connectivity index (χ2v) is 6.14. The number of hydrogen-bond acceptors (Lipinski definition) is 5. The molecule has 0 atom stereocenters. The van der Waals surface area contributed by atoms with Crippen LogP contribution in [-0.2, 0) is 4.79 Å². The normalized spacial score (nSPS) is 10.6. The SMILES string of the molecule is Cc1coc(SCCC(=O)Nc2c(N)cc(Cl)cc2Cl)n1. The lowest BCUT2D eigenvalue weighted by molar-refractivity contribution is -0.115. The maximum Gasteiger partial charge on any atom is 0.255 e. The molecule has 112 valence electrons. The highest BCUT2D eigenvalue weighted by Gasteiger charge is 2.11. The first kappa shape index (κ1) is 16.0. The van der Waals surface area contributed by atoms with Gasteiger partial charge < -0.3 is 15.5 Å². The summed E-state index contributed by atoms with van der Waals surface area (Å²) in [6.07, 6.45) is 1.85. The Morgan fingerprint density at radius 3 is 2.86 bits per heavy atom. The number of aromatic nitrogens is 1. The predicted octanol–water partition coefficient (Wildman–Crippen LogP) is 3.99. The Morgan fingerprint density at radius 2 is 2.24 bits per heavy atom. The smallest absolute Gasteiger partial charge is 0.255 e. The second-order valence-electron chi connectivity index (χ2n) is 4.25. The number of nitrogens with zero attached hydrogens (tertiary/aromatic N) is 1. The minimum atomic E-state index is -0.193. The Morgan fingerprint density at radius 1 is 1.48 bits per heavy atom. The molecule has 0 saturated carbocycles. The van der Waals surface area contributed by atoms with Crippen molar-refractivity contribution in [3.63, 3.8) is 0 Å². The van der Waals surface area contributed by atoms with Gasteiger partial charge in [0.25, 0.3) is 5.22 Å². The van der Waals surface area contributed by atoms with E-state index >= 15 is 0 Å². The van der Waals surface area contributed by atoms with E-state index in [1.54, 1.807) is 6.26 Å². The molecule has 1 amide bonds. The Hall–Kier alpha value is -1.37. The van der Waals surface area contributed by atoms with Crippen molar-refractivity contribution in [2.24, 2.45) is 0 Å². The maximum atomic E-state index is 11.9. The summed E-state index contributed by atoms with van der Waals surface area (Å²) in [5, 5.41) is 3.96. The predicted molar refractivity (Wildman–Crippen MR) is 86.1 cm³/mol. The fourth-order valence-corrected chi connectivity index (χ4v) is 2.90. The fraction of sp³-hybridized carbons (Fsp3) is 0.231. The zero-order valence-corrected chi connectivity index (χ0v) is 13.5. The van der Waals surface area contributed by atoms with E-state index in [1.807, 2.05) is 6.92 Å². The zero-order chi connectivity index (χ0) is 15.4. The summed E-state index contributed by atoms with van der Waals surface area (Å²) < 4.78 is 5.18. The summed E-state index contributed by atoms with van der Waals surface area (Å²) in [4.78, 5) is 16.0. The lowest BCUT2D eigenvalue weighted by atomic mass is 10.2. The van der Waals surface area contributed by atoms with Crippen LogP contribution < -0.4 is 11.1 Å². The fourth-order valence-electron chi connectivity index (χ4n) is 1.56. The third-order valence-corrected chi connectivity index (χ3v) is 3.86. The van der Waals surface area contributed by atoms with E-state index in [9.17, 15) is 4.79 Å². The van der Waals surface area contributed by atoms with Gasteiger partial charge in [-0.25, -0.2) is 4.98 Å². The molecule has 0 bridgehead atoms. The number of oxazole rings is 1. The van der Waals surface area contributed by atoms with Crippen LogP contribution in [0.3, 0.4) is 0 Å². The summed E-state index contributed by atoms with van der Waals surface area (Å²) in [6.45, 7) is 1.84. The monoisotopic (exact) mass is 345 g/mol. The van der Waals surface area contributed by atoms with Gasteiger partial charge in [0, 0.05) is 17.2 Å². The van der Waals surface area contributed by atoms with E-state index < -0.39 is 0 Å². The first-order valence-electron chi connectivity index (χ1n) is 6.05. The van der Waals surface area contributed by atoms with Crippen LogP contribution in [0.25, 0.3) is 0 Å². The molecule has 0 aliphatic heterocycles. The first-order chi connectivity index (χ1) is 9.95. The van der Waals surface area contributed by atoms with Crippen LogP contribution in [-0.4, -0.2) is 16.6 Å². The largest absolute Gasteiger partial charge is 0.440 e. The van der Waals surface area contributed by atoms with Crippen molar-refractivity contribution in [2.45, 2.75) is 18.6 Å². The summed E-state index contributed by atoms with van der Waals surface area (Å²) >= 11 is 13.2. The zero-order valence-electron chi connectivity index (χ0n) is 11.2. The van der Waals surface area contributed by atoms with Crippen molar-refractivity contribution in [1.82, 2.24) is 4.98 Å². The van der Waals surface area contributed by atoms with Crippen molar-refractivity contribution < 1.29 is 9.21 Å². The summed E-state index contributed by atoms with van der Waals surface area (Å²) in [5.74, 6) is 0.346. The minimum absolute atomic E-state index is 0.193. The molecule has 3 N–H and O–H groups in total. The number of rotatable bonds is 5. The molecule has 1 heterocycles. The molecular formula is C13H13Cl2N3O2S. The Bertz CT molecular complexity index is 638. The lowest BCUT2D eigenvalue weighted by Gasteiger charge is -2.10. The van der Waals surface area contributed by atoms with Crippen LogP contribution in [0.5, 0.6) is 0 Å². The highest BCUT2D eigenvalue weighted by atomic mass is 35.5. The molecule has 0 spiro atoms. The van der Waals surface area contributed by atoms with Gasteiger partial charge in [-0.2, -0.15) is 0 Å². The van der Waals surface area contributed by atoms with Crippen LogP contribution in [0.1, 0.15) is 12.1 Å². The second kappa shape index (κ2) is 7.06. The van der Waals surface area contributed by atoms with Gasteiger partial charge in [-0.15, -0.1) is 0 Å². The number of benzene rings is 1. The van der Waals surface area contributed by atoms with E-state index in [2.05, 4.69) is 10.3 Å². The van der Waals surface area contributed by atoms with Crippen LogP contribution in [0, 0.1) is 6.92 Å². The van der Waals surface area contributed by atoms with Crippen LogP contribution in [0.15, 0.2) is 28.0 Å². The molecule has 0 aliphatic carbocycles. The van der Waals surface area contributed by atoms with Gasteiger partial charge in [0.1, 0.15) is 6.26 Å².